The van der Waals surface area contributed by atoms with Crippen LogP contribution in [0, 0.1) is 23.7 Å². The molecule has 0 radical (unpaired) electrons. The summed E-state index contributed by atoms with van der Waals surface area (Å²) < 4.78 is 10.5. The summed E-state index contributed by atoms with van der Waals surface area (Å²) in [5, 5.41) is 4.52. The molecule has 0 N–H and O–H groups in total. The van der Waals surface area contributed by atoms with E-state index in [2.05, 4.69) is 35.8 Å². The van der Waals surface area contributed by atoms with Crippen LogP contribution in [-0.2, 0) is 0 Å². The molecule has 0 unspecified atom stereocenters. The second kappa shape index (κ2) is 7.78. The molecule has 0 atom stereocenters. The molecule has 0 aliphatic heterocycles. The van der Waals surface area contributed by atoms with Crippen LogP contribution in [0.2, 0.25) is 0 Å². The number of hydrogen-bond donors (Lipinski definition) is 0. The molecular formula is C26H18O2. The fourth-order valence-corrected chi connectivity index (χ4v) is 3.06. The first kappa shape index (κ1) is 17.5. The normalized spacial score (nSPS) is 9.93. The summed E-state index contributed by atoms with van der Waals surface area (Å²) in [7, 11) is 3.35. The van der Waals surface area contributed by atoms with Gasteiger partial charge in [-0.05, 0) is 81.9 Å². The maximum Gasteiger partial charge on any atom is 0.119 e. The molecule has 0 saturated heterocycles. The molecule has 0 heterocycles. The quantitative estimate of drug-likeness (QED) is 0.444. The zero-order chi connectivity index (χ0) is 19.3. The average Bonchev–Trinajstić information content (AvgIpc) is 2.75. The fraction of sp³-hybridized carbons (Fsp3) is 0.0769. The largest absolute Gasteiger partial charge is 0.497 e. The van der Waals surface area contributed by atoms with Crippen LogP contribution in [0.5, 0.6) is 11.5 Å². The second-order valence-electron chi connectivity index (χ2n) is 6.36. The summed E-state index contributed by atoms with van der Waals surface area (Å²) in [6, 6.07) is 24.2. The number of benzene rings is 4. The van der Waals surface area contributed by atoms with E-state index in [0.717, 1.165) is 44.2 Å². The van der Waals surface area contributed by atoms with Gasteiger partial charge in [0.1, 0.15) is 11.5 Å². The van der Waals surface area contributed by atoms with E-state index < -0.39 is 0 Å². The second-order valence-corrected chi connectivity index (χ2v) is 6.36. The Bertz CT molecular complexity index is 1190. The molecule has 0 aliphatic rings. The number of methoxy groups -OCH3 is 2. The van der Waals surface area contributed by atoms with Crippen molar-refractivity contribution >= 4 is 21.5 Å². The first-order chi connectivity index (χ1) is 13.7. The van der Waals surface area contributed by atoms with E-state index in [-0.39, 0.29) is 0 Å². The summed E-state index contributed by atoms with van der Waals surface area (Å²) in [5.41, 5.74) is 1.88. The van der Waals surface area contributed by atoms with Crippen LogP contribution in [0.25, 0.3) is 21.5 Å². The molecular weight excluding hydrogens is 344 g/mol. The summed E-state index contributed by atoms with van der Waals surface area (Å²) in [6.45, 7) is 0. The minimum atomic E-state index is 0.853. The Kier molecular flexibility index (Phi) is 4.87. The molecule has 134 valence electrons. The van der Waals surface area contributed by atoms with Crippen LogP contribution in [0.15, 0.2) is 72.8 Å². The molecule has 4 rings (SSSR count). The minimum absolute atomic E-state index is 0.853. The standard InChI is InChI=1S/C26H18O2/c1-27-25-13-11-21-15-19(7-9-23(21)17-25)5-3-4-6-20-8-10-24-18-26(28-2)14-12-22(24)16-20/h7-18H,1-2H3. The Morgan fingerprint density at radius 3 is 1.32 bits per heavy atom. The predicted molar refractivity (Wildman–Crippen MR) is 115 cm³/mol. The van der Waals surface area contributed by atoms with Crippen LogP contribution in [0.4, 0.5) is 0 Å². The van der Waals surface area contributed by atoms with Gasteiger partial charge in [0.05, 0.1) is 14.2 Å². The molecule has 28 heavy (non-hydrogen) atoms. The third-order valence-corrected chi connectivity index (χ3v) is 4.57. The molecule has 0 aliphatic carbocycles. The van der Waals surface area contributed by atoms with Gasteiger partial charge in [-0.1, -0.05) is 36.1 Å². The predicted octanol–water partition coefficient (Wildman–Crippen LogP) is 5.41. The van der Waals surface area contributed by atoms with Gasteiger partial charge >= 0.3 is 0 Å². The van der Waals surface area contributed by atoms with Gasteiger partial charge in [-0.25, -0.2) is 0 Å². The van der Waals surface area contributed by atoms with Crippen molar-refractivity contribution in [2.24, 2.45) is 0 Å². The highest BCUT2D eigenvalue weighted by Crippen LogP contribution is 2.22. The Hall–Kier alpha value is -3.88. The number of fused-ring (bicyclic) bond motifs is 2. The van der Waals surface area contributed by atoms with Crippen molar-refractivity contribution < 1.29 is 9.47 Å². The monoisotopic (exact) mass is 362 g/mol. The Morgan fingerprint density at radius 2 is 0.893 bits per heavy atom. The minimum Gasteiger partial charge on any atom is -0.497 e. The van der Waals surface area contributed by atoms with E-state index in [9.17, 15) is 0 Å². The van der Waals surface area contributed by atoms with Crippen molar-refractivity contribution in [3.63, 3.8) is 0 Å². The summed E-state index contributed by atoms with van der Waals surface area (Å²) in [6.07, 6.45) is 0. The Morgan fingerprint density at radius 1 is 0.500 bits per heavy atom. The molecule has 0 aromatic heterocycles. The van der Waals surface area contributed by atoms with E-state index in [4.69, 9.17) is 9.47 Å². The van der Waals surface area contributed by atoms with E-state index in [1.807, 2.05) is 60.7 Å². The number of hydrogen-bond acceptors (Lipinski definition) is 2. The summed E-state index contributed by atoms with van der Waals surface area (Å²) in [4.78, 5) is 0. The maximum absolute atomic E-state index is 5.26. The van der Waals surface area contributed by atoms with Crippen molar-refractivity contribution in [2.45, 2.75) is 0 Å². The van der Waals surface area contributed by atoms with E-state index in [0.29, 0.717) is 0 Å². The lowest BCUT2D eigenvalue weighted by atomic mass is 10.1. The van der Waals surface area contributed by atoms with Crippen molar-refractivity contribution in [1.29, 1.82) is 0 Å². The van der Waals surface area contributed by atoms with Crippen molar-refractivity contribution in [2.75, 3.05) is 14.2 Å². The molecule has 0 amide bonds. The van der Waals surface area contributed by atoms with Gasteiger partial charge in [0, 0.05) is 11.1 Å². The molecule has 0 saturated carbocycles. The summed E-state index contributed by atoms with van der Waals surface area (Å²) >= 11 is 0. The average molecular weight is 362 g/mol. The van der Waals surface area contributed by atoms with Crippen LogP contribution in [-0.4, -0.2) is 14.2 Å². The first-order valence-electron chi connectivity index (χ1n) is 8.93. The maximum atomic E-state index is 5.26. The van der Waals surface area contributed by atoms with Crippen LogP contribution in [0.1, 0.15) is 11.1 Å². The van der Waals surface area contributed by atoms with E-state index in [1.165, 1.54) is 0 Å². The lowest BCUT2D eigenvalue weighted by molar-refractivity contribution is 0.415. The highest BCUT2D eigenvalue weighted by atomic mass is 16.5. The van der Waals surface area contributed by atoms with Gasteiger partial charge in [0.25, 0.3) is 0 Å². The third kappa shape index (κ3) is 3.78. The molecule has 4 aromatic rings. The molecule has 0 bridgehead atoms. The van der Waals surface area contributed by atoms with E-state index in [1.54, 1.807) is 14.2 Å². The van der Waals surface area contributed by atoms with Crippen molar-refractivity contribution in [3.05, 3.63) is 83.9 Å². The molecule has 0 spiro atoms. The zero-order valence-corrected chi connectivity index (χ0v) is 15.7. The molecule has 4 aromatic carbocycles. The number of rotatable bonds is 2. The topological polar surface area (TPSA) is 18.5 Å². The molecule has 2 heteroatoms. The third-order valence-electron chi connectivity index (χ3n) is 4.57. The van der Waals surface area contributed by atoms with Crippen LogP contribution < -0.4 is 9.47 Å². The molecule has 2 nitrogen and oxygen atoms in total. The lowest BCUT2D eigenvalue weighted by Gasteiger charge is -2.02. The van der Waals surface area contributed by atoms with E-state index >= 15 is 0 Å². The SMILES string of the molecule is COc1ccc2cc(C#CC#Cc3ccc4cc(OC)ccc4c3)ccc2c1. The number of ether oxygens (including phenoxy) is 2. The van der Waals surface area contributed by atoms with Crippen LogP contribution >= 0.6 is 0 Å². The van der Waals surface area contributed by atoms with Crippen molar-refractivity contribution in [1.82, 2.24) is 0 Å². The lowest BCUT2D eigenvalue weighted by Crippen LogP contribution is -1.83. The van der Waals surface area contributed by atoms with Crippen LogP contribution in [0.3, 0.4) is 0 Å². The van der Waals surface area contributed by atoms with Gasteiger partial charge in [0.2, 0.25) is 0 Å². The smallest absolute Gasteiger partial charge is 0.119 e. The van der Waals surface area contributed by atoms with Crippen molar-refractivity contribution in [3.8, 4) is 35.2 Å². The van der Waals surface area contributed by atoms with Gasteiger partial charge in [-0.3, -0.25) is 0 Å². The van der Waals surface area contributed by atoms with Gasteiger partial charge < -0.3 is 9.47 Å². The first-order valence-corrected chi connectivity index (χ1v) is 8.93. The Balaban J connectivity index is 1.56. The molecule has 0 fully saturated rings. The zero-order valence-electron chi connectivity index (χ0n) is 15.7. The highest BCUT2D eigenvalue weighted by Gasteiger charge is 1.98. The Labute approximate surface area is 164 Å². The highest BCUT2D eigenvalue weighted by molar-refractivity contribution is 5.86. The van der Waals surface area contributed by atoms with Gasteiger partial charge in [0.15, 0.2) is 0 Å². The summed E-state index contributed by atoms with van der Waals surface area (Å²) in [5.74, 6) is 13.8. The van der Waals surface area contributed by atoms with Gasteiger partial charge in [-0.2, -0.15) is 0 Å². The fourth-order valence-electron chi connectivity index (χ4n) is 3.06. The van der Waals surface area contributed by atoms with Gasteiger partial charge in [-0.15, -0.1) is 0 Å².